The number of carbonyl (C=O) groups is 1. The summed E-state index contributed by atoms with van der Waals surface area (Å²) in [5.74, 6) is 0.337. The maximum atomic E-state index is 12.3. The summed E-state index contributed by atoms with van der Waals surface area (Å²) in [4.78, 5) is 14.8. The van der Waals surface area contributed by atoms with E-state index in [0.29, 0.717) is 37.9 Å². The first-order valence-electron chi connectivity index (χ1n) is 13.0. The molecule has 0 saturated carbocycles. The van der Waals surface area contributed by atoms with Crippen LogP contribution in [0.25, 0.3) is 28.2 Å². The Balaban J connectivity index is 1.32. The molecule has 200 valence electrons. The van der Waals surface area contributed by atoms with Crippen LogP contribution in [-0.2, 0) is 23.7 Å². The number of fused-ring (bicyclic) bond motifs is 1. The first-order valence-corrected chi connectivity index (χ1v) is 13.0. The van der Waals surface area contributed by atoms with E-state index < -0.39 is 5.97 Å². The van der Waals surface area contributed by atoms with Gasteiger partial charge < -0.3 is 28.3 Å². The fourth-order valence-corrected chi connectivity index (χ4v) is 4.34. The molecule has 1 aliphatic heterocycles. The highest BCUT2D eigenvalue weighted by Crippen LogP contribution is 2.30. The maximum Gasteiger partial charge on any atom is 0.349 e. The van der Waals surface area contributed by atoms with Crippen molar-refractivity contribution in [3.63, 3.8) is 0 Å². The molecule has 1 fully saturated rings. The number of piperidine rings is 1. The van der Waals surface area contributed by atoms with E-state index in [-0.39, 0.29) is 18.8 Å². The summed E-state index contributed by atoms with van der Waals surface area (Å²) < 4.78 is 26.6. The molecule has 0 spiro atoms. The molecule has 0 aliphatic carbocycles. The molecule has 1 aromatic heterocycles. The number of esters is 1. The van der Waals surface area contributed by atoms with Gasteiger partial charge in [-0.25, -0.2) is 4.79 Å². The minimum absolute atomic E-state index is 0.0376. The van der Waals surface area contributed by atoms with Gasteiger partial charge in [-0.15, -0.1) is 0 Å². The summed E-state index contributed by atoms with van der Waals surface area (Å²) in [6.07, 6.45) is 5.20. The number of nitrogens with zero attached hydrogens (tertiary/aromatic N) is 2. The van der Waals surface area contributed by atoms with Crippen molar-refractivity contribution in [1.82, 2.24) is 0 Å². The summed E-state index contributed by atoms with van der Waals surface area (Å²) >= 11 is 0. The van der Waals surface area contributed by atoms with Crippen LogP contribution in [0.15, 0.2) is 58.5 Å². The number of hydrogen-bond donors (Lipinski definition) is 0. The van der Waals surface area contributed by atoms with E-state index in [4.69, 9.17) is 23.4 Å². The Morgan fingerprint density at radius 1 is 0.921 bits per heavy atom. The highest BCUT2D eigenvalue weighted by Gasteiger charge is 2.14. The standard InChI is InChI=1S/C30H34N2O6/c1-34-13-14-35-15-16-36-17-18-37-30(33)26(22-31)21-28-9-10-29(38-28)25-6-5-24-20-27(8-7-23(24)19-25)32-11-3-2-4-12-32/h5-10,19-21H,2-4,11-18H2,1H3/b26-21+. The van der Waals surface area contributed by atoms with E-state index in [0.717, 1.165) is 24.0 Å². The van der Waals surface area contributed by atoms with Gasteiger partial charge in [-0.05, 0) is 60.4 Å². The normalized spacial score (nSPS) is 14.0. The van der Waals surface area contributed by atoms with E-state index >= 15 is 0 Å². The lowest BCUT2D eigenvalue weighted by atomic mass is 10.0. The minimum atomic E-state index is -0.722. The topological polar surface area (TPSA) is 94.2 Å². The van der Waals surface area contributed by atoms with Crippen molar-refractivity contribution in [3.05, 3.63) is 59.9 Å². The predicted octanol–water partition coefficient (Wildman–Crippen LogP) is 5.22. The van der Waals surface area contributed by atoms with Gasteiger partial charge >= 0.3 is 5.97 Å². The third kappa shape index (κ3) is 7.68. The van der Waals surface area contributed by atoms with E-state index in [9.17, 15) is 10.1 Å². The number of nitriles is 1. The summed E-state index contributed by atoms with van der Waals surface area (Å²) in [5.41, 5.74) is 2.05. The number of ether oxygens (including phenoxy) is 4. The largest absolute Gasteiger partial charge is 0.459 e. The molecule has 0 atom stereocenters. The molecule has 4 rings (SSSR count). The van der Waals surface area contributed by atoms with E-state index in [1.807, 2.05) is 18.2 Å². The van der Waals surface area contributed by atoms with Gasteiger partial charge in [-0.1, -0.05) is 18.2 Å². The van der Waals surface area contributed by atoms with Gasteiger partial charge in [-0.2, -0.15) is 5.26 Å². The zero-order chi connectivity index (χ0) is 26.6. The zero-order valence-electron chi connectivity index (χ0n) is 21.8. The number of methoxy groups -OCH3 is 1. The van der Waals surface area contributed by atoms with Crippen LogP contribution in [0.3, 0.4) is 0 Å². The molecule has 1 aliphatic rings. The lowest BCUT2D eigenvalue weighted by Gasteiger charge is -2.29. The molecule has 0 unspecified atom stereocenters. The SMILES string of the molecule is COCCOCCOCCOC(=O)/C(C#N)=C/c1ccc(-c2ccc3cc(N4CCCCC4)ccc3c2)o1. The zero-order valence-corrected chi connectivity index (χ0v) is 21.8. The Morgan fingerprint density at radius 3 is 2.39 bits per heavy atom. The second-order valence-electron chi connectivity index (χ2n) is 9.02. The fraction of sp³-hybridized carbons (Fsp3) is 0.400. The summed E-state index contributed by atoms with van der Waals surface area (Å²) in [6, 6.07) is 18.2. The van der Waals surface area contributed by atoms with Crippen LogP contribution in [-0.4, -0.2) is 65.8 Å². The molecular formula is C30H34N2O6. The second-order valence-corrected chi connectivity index (χ2v) is 9.02. The van der Waals surface area contributed by atoms with Crippen molar-refractivity contribution in [2.45, 2.75) is 19.3 Å². The van der Waals surface area contributed by atoms with Crippen LogP contribution in [0.1, 0.15) is 25.0 Å². The average Bonchev–Trinajstić information content (AvgIpc) is 3.43. The van der Waals surface area contributed by atoms with Crippen LogP contribution >= 0.6 is 0 Å². The number of carbonyl (C=O) groups excluding carboxylic acids is 1. The van der Waals surface area contributed by atoms with Crippen LogP contribution in [0.4, 0.5) is 5.69 Å². The smallest absolute Gasteiger partial charge is 0.349 e. The molecule has 38 heavy (non-hydrogen) atoms. The molecule has 8 nitrogen and oxygen atoms in total. The van der Waals surface area contributed by atoms with Gasteiger partial charge in [0.05, 0.1) is 33.0 Å². The summed E-state index contributed by atoms with van der Waals surface area (Å²) in [6.45, 7) is 4.32. The van der Waals surface area contributed by atoms with Gasteiger partial charge in [0, 0.05) is 37.5 Å². The van der Waals surface area contributed by atoms with Gasteiger partial charge in [0.1, 0.15) is 29.8 Å². The Hall–Kier alpha value is -3.64. The molecule has 8 heteroatoms. The molecule has 2 aromatic carbocycles. The molecule has 1 saturated heterocycles. The van der Waals surface area contributed by atoms with Crippen LogP contribution < -0.4 is 4.90 Å². The van der Waals surface area contributed by atoms with Crippen molar-refractivity contribution < 1.29 is 28.2 Å². The van der Waals surface area contributed by atoms with Crippen molar-refractivity contribution >= 4 is 28.5 Å². The Kier molecular flexibility index (Phi) is 10.3. The van der Waals surface area contributed by atoms with Gasteiger partial charge in [0.25, 0.3) is 0 Å². The van der Waals surface area contributed by atoms with Gasteiger partial charge in [0.2, 0.25) is 0 Å². The van der Waals surface area contributed by atoms with Crippen LogP contribution in [0, 0.1) is 11.3 Å². The quantitative estimate of drug-likeness (QED) is 0.132. The number of hydrogen-bond acceptors (Lipinski definition) is 8. The van der Waals surface area contributed by atoms with Crippen molar-refractivity contribution in [2.24, 2.45) is 0 Å². The van der Waals surface area contributed by atoms with Gasteiger partial charge in [-0.3, -0.25) is 0 Å². The van der Waals surface area contributed by atoms with E-state index in [1.165, 1.54) is 36.4 Å². The van der Waals surface area contributed by atoms with Crippen molar-refractivity contribution in [2.75, 3.05) is 64.7 Å². The monoisotopic (exact) mass is 518 g/mol. The number of furan rings is 1. The Bertz CT molecular complexity index is 1270. The number of rotatable bonds is 13. The third-order valence-electron chi connectivity index (χ3n) is 6.35. The highest BCUT2D eigenvalue weighted by atomic mass is 16.6. The molecule has 0 amide bonds. The van der Waals surface area contributed by atoms with Crippen LogP contribution in [0.2, 0.25) is 0 Å². The molecule has 2 heterocycles. The maximum absolute atomic E-state index is 12.3. The summed E-state index contributed by atoms with van der Waals surface area (Å²) in [5, 5.41) is 11.7. The second kappa shape index (κ2) is 14.3. The fourth-order valence-electron chi connectivity index (χ4n) is 4.34. The lowest BCUT2D eigenvalue weighted by Crippen LogP contribution is -2.29. The average molecular weight is 519 g/mol. The third-order valence-corrected chi connectivity index (χ3v) is 6.35. The van der Waals surface area contributed by atoms with E-state index in [1.54, 1.807) is 13.2 Å². The number of benzene rings is 2. The van der Waals surface area contributed by atoms with Gasteiger partial charge in [0.15, 0.2) is 0 Å². The van der Waals surface area contributed by atoms with Crippen LogP contribution in [0.5, 0.6) is 0 Å². The lowest BCUT2D eigenvalue weighted by molar-refractivity contribution is -0.140. The molecule has 0 radical (unpaired) electrons. The highest BCUT2D eigenvalue weighted by molar-refractivity contribution is 5.97. The summed E-state index contributed by atoms with van der Waals surface area (Å²) in [7, 11) is 1.61. The van der Waals surface area contributed by atoms with E-state index in [2.05, 4.69) is 35.2 Å². The van der Waals surface area contributed by atoms with Crippen molar-refractivity contribution in [1.29, 1.82) is 5.26 Å². The molecular weight excluding hydrogens is 484 g/mol. The molecule has 0 N–H and O–H groups in total. The Labute approximate surface area is 223 Å². The van der Waals surface area contributed by atoms with Crippen molar-refractivity contribution in [3.8, 4) is 17.4 Å². The predicted molar refractivity (Wildman–Crippen MR) is 146 cm³/mol. The Morgan fingerprint density at radius 2 is 1.63 bits per heavy atom. The minimum Gasteiger partial charge on any atom is -0.459 e. The first-order chi connectivity index (χ1) is 18.7. The molecule has 0 bridgehead atoms. The first kappa shape index (κ1) is 27.4. The number of anilines is 1. The molecule has 3 aromatic rings.